The molecule has 4 rings (SSSR count). The van der Waals surface area contributed by atoms with Gasteiger partial charge in [0.1, 0.15) is 16.4 Å². The Morgan fingerprint density at radius 2 is 2.24 bits per heavy atom. The molecule has 10 heteroatoms. The number of piperidine rings is 1. The van der Waals surface area contributed by atoms with E-state index in [0.717, 1.165) is 18.7 Å². The minimum absolute atomic E-state index is 0.0210. The molecule has 0 unspecified atom stereocenters. The monoisotopic (exact) mass is 380 g/mol. The molecular weight excluding hydrogens is 364 g/mol. The first kappa shape index (κ1) is 16.5. The minimum atomic E-state index is -3.69. The zero-order valence-corrected chi connectivity index (χ0v) is 15.1. The van der Waals surface area contributed by atoms with Crippen molar-refractivity contribution in [2.24, 2.45) is 0 Å². The quantitative estimate of drug-likeness (QED) is 0.724. The van der Waals surface area contributed by atoms with Gasteiger partial charge in [0.2, 0.25) is 10.0 Å². The van der Waals surface area contributed by atoms with E-state index in [2.05, 4.69) is 25.1 Å². The van der Waals surface area contributed by atoms with Crippen LogP contribution in [0.15, 0.2) is 23.4 Å². The van der Waals surface area contributed by atoms with E-state index in [4.69, 9.17) is 11.6 Å². The van der Waals surface area contributed by atoms with Crippen molar-refractivity contribution in [3.63, 3.8) is 0 Å². The molecule has 3 aromatic rings. The first-order chi connectivity index (χ1) is 12.0. The molecule has 0 saturated carbocycles. The van der Waals surface area contributed by atoms with Crippen LogP contribution < -0.4 is 0 Å². The molecule has 2 N–H and O–H groups in total. The number of pyridine rings is 1. The highest BCUT2D eigenvalue weighted by Gasteiger charge is 2.34. The van der Waals surface area contributed by atoms with Crippen LogP contribution in [0.5, 0.6) is 0 Å². The van der Waals surface area contributed by atoms with Gasteiger partial charge in [-0.1, -0.05) is 11.6 Å². The summed E-state index contributed by atoms with van der Waals surface area (Å²) in [6, 6.07) is 1.59. The molecule has 1 aliphatic rings. The minimum Gasteiger partial charge on any atom is -0.345 e. The molecule has 0 aliphatic carbocycles. The van der Waals surface area contributed by atoms with Crippen molar-refractivity contribution in [2.75, 3.05) is 13.1 Å². The lowest BCUT2D eigenvalue weighted by Gasteiger charge is -2.30. The first-order valence-electron chi connectivity index (χ1n) is 7.97. The topological polar surface area (TPSA) is 108 Å². The lowest BCUT2D eigenvalue weighted by Crippen LogP contribution is -2.39. The predicted octanol–water partition coefficient (Wildman–Crippen LogP) is 2.21. The molecule has 4 heterocycles. The molecule has 1 atom stereocenters. The van der Waals surface area contributed by atoms with Gasteiger partial charge < -0.3 is 4.98 Å². The zero-order valence-electron chi connectivity index (χ0n) is 13.5. The van der Waals surface area contributed by atoms with Gasteiger partial charge in [-0.3, -0.25) is 5.10 Å². The zero-order chi connectivity index (χ0) is 17.6. The van der Waals surface area contributed by atoms with Crippen LogP contribution in [-0.2, 0) is 10.0 Å². The maximum absolute atomic E-state index is 13.2. The summed E-state index contributed by atoms with van der Waals surface area (Å²) < 4.78 is 27.8. The number of sulfonamides is 1. The second-order valence-corrected chi connectivity index (χ2v) is 8.46. The summed E-state index contributed by atoms with van der Waals surface area (Å²) >= 11 is 6.21. The van der Waals surface area contributed by atoms with Crippen molar-refractivity contribution in [3.05, 3.63) is 35.1 Å². The fourth-order valence-corrected chi connectivity index (χ4v) is 5.24. The summed E-state index contributed by atoms with van der Waals surface area (Å²) in [5, 5.41) is 7.80. The number of rotatable bonds is 3. The van der Waals surface area contributed by atoms with Gasteiger partial charge in [-0.05, 0) is 25.8 Å². The van der Waals surface area contributed by atoms with Crippen LogP contribution in [0.4, 0.5) is 0 Å². The molecule has 1 aliphatic heterocycles. The van der Waals surface area contributed by atoms with Crippen LogP contribution in [0, 0.1) is 6.92 Å². The van der Waals surface area contributed by atoms with Gasteiger partial charge in [-0.25, -0.2) is 18.4 Å². The summed E-state index contributed by atoms with van der Waals surface area (Å²) in [6.45, 7) is 2.64. The molecule has 0 aromatic carbocycles. The Morgan fingerprint density at radius 1 is 1.40 bits per heavy atom. The van der Waals surface area contributed by atoms with Crippen molar-refractivity contribution >= 4 is 32.7 Å². The molecule has 1 fully saturated rings. The number of hydrogen-bond donors (Lipinski definition) is 2. The molecule has 1 saturated heterocycles. The molecule has 132 valence electrons. The number of aromatic amines is 2. The third-order valence-electron chi connectivity index (χ3n) is 4.47. The molecule has 0 amide bonds. The lowest BCUT2D eigenvalue weighted by atomic mass is 9.99. The second kappa shape index (κ2) is 6.08. The molecule has 3 aromatic heterocycles. The first-order valence-corrected chi connectivity index (χ1v) is 9.79. The smallest absolute Gasteiger partial charge is 0.245 e. The number of nitrogens with one attached hydrogen (secondary N) is 2. The molecule has 0 bridgehead atoms. The van der Waals surface area contributed by atoms with E-state index in [0.29, 0.717) is 35.0 Å². The Bertz CT molecular complexity index is 1030. The van der Waals surface area contributed by atoms with E-state index >= 15 is 0 Å². The van der Waals surface area contributed by atoms with Crippen LogP contribution in [0.2, 0.25) is 5.02 Å². The average Bonchev–Trinajstić information content (AvgIpc) is 3.22. The lowest BCUT2D eigenvalue weighted by molar-refractivity contribution is 0.309. The Labute approximate surface area is 149 Å². The molecule has 0 spiro atoms. The summed E-state index contributed by atoms with van der Waals surface area (Å²) in [6.07, 6.45) is 4.62. The largest absolute Gasteiger partial charge is 0.345 e. The van der Waals surface area contributed by atoms with E-state index < -0.39 is 10.0 Å². The van der Waals surface area contributed by atoms with E-state index in [-0.39, 0.29) is 10.8 Å². The summed E-state index contributed by atoms with van der Waals surface area (Å²) in [5.74, 6) is 1.37. The van der Waals surface area contributed by atoms with Gasteiger partial charge in [-0.2, -0.15) is 9.40 Å². The Kier molecular flexibility index (Phi) is 4.01. The Balaban J connectivity index is 1.69. The van der Waals surface area contributed by atoms with Crippen molar-refractivity contribution in [1.29, 1.82) is 0 Å². The molecular formula is C15H17ClN6O2S. The molecule has 8 nitrogen and oxygen atoms in total. The van der Waals surface area contributed by atoms with E-state index in [1.54, 1.807) is 12.3 Å². The third-order valence-corrected chi connectivity index (χ3v) is 6.67. The number of nitrogens with zero attached hydrogens (tertiary/aromatic N) is 4. The number of aryl methyl sites for hydroxylation is 1. The maximum Gasteiger partial charge on any atom is 0.245 e. The van der Waals surface area contributed by atoms with Crippen LogP contribution in [0.3, 0.4) is 0 Å². The highest BCUT2D eigenvalue weighted by Crippen LogP contribution is 2.33. The average molecular weight is 381 g/mol. The SMILES string of the molecule is Cc1nc([C@H]2CCCN(S(=O)(=O)c3c[nH]c4nccc(Cl)c34)C2)n[nH]1. The maximum atomic E-state index is 13.2. The van der Waals surface area contributed by atoms with Crippen molar-refractivity contribution in [3.8, 4) is 0 Å². The Hall–Kier alpha value is -1.97. The second-order valence-electron chi connectivity index (χ2n) is 6.15. The number of hydrogen-bond acceptors (Lipinski definition) is 5. The predicted molar refractivity (Wildman–Crippen MR) is 93.0 cm³/mol. The number of H-pyrrole nitrogens is 2. The van der Waals surface area contributed by atoms with Gasteiger partial charge >= 0.3 is 0 Å². The van der Waals surface area contributed by atoms with E-state index in [1.165, 1.54) is 10.5 Å². The van der Waals surface area contributed by atoms with Crippen molar-refractivity contribution in [1.82, 2.24) is 29.5 Å². The highest BCUT2D eigenvalue weighted by atomic mass is 35.5. The summed E-state index contributed by atoms with van der Waals surface area (Å²) in [7, 11) is -3.69. The van der Waals surface area contributed by atoms with Crippen LogP contribution in [-0.4, -0.2) is 51.0 Å². The standard InChI is InChI=1S/C15H17ClN6O2S/c1-9-19-14(21-20-9)10-3-2-6-22(8-10)25(23,24)12-7-18-15-13(12)11(16)4-5-17-15/h4-5,7,10H,2-3,6,8H2,1H3,(H,17,18)(H,19,20,21)/t10-/m0/s1. The fraction of sp³-hybridized carbons (Fsp3) is 0.400. The van der Waals surface area contributed by atoms with Gasteiger partial charge in [0.25, 0.3) is 0 Å². The van der Waals surface area contributed by atoms with Crippen LogP contribution in [0.1, 0.15) is 30.4 Å². The number of aromatic nitrogens is 5. The van der Waals surface area contributed by atoms with Crippen molar-refractivity contribution < 1.29 is 8.42 Å². The highest BCUT2D eigenvalue weighted by molar-refractivity contribution is 7.89. The fourth-order valence-electron chi connectivity index (χ4n) is 3.24. The van der Waals surface area contributed by atoms with Crippen molar-refractivity contribution in [2.45, 2.75) is 30.6 Å². The Morgan fingerprint density at radius 3 is 3.00 bits per heavy atom. The van der Waals surface area contributed by atoms with Gasteiger partial charge in [-0.15, -0.1) is 0 Å². The van der Waals surface area contributed by atoms with E-state index in [9.17, 15) is 8.42 Å². The normalized spacial score (nSPS) is 19.5. The van der Waals surface area contributed by atoms with Crippen LogP contribution >= 0.6 is 11.6 Å². The van der Waals surface area contributed by atoms with Gasteiger partial charge in [0.05, 0.1) is 10.4 Å². The van der Waals surface area contributed by atoms with Gasteiger partial charge in [0, 0.05) is 31.4 Å². The summed E-state index contributed by atoms with van der Waals surface area (Å²) in [4.78, 5) is 11.5. The molecule has 0 radical (unpaired) electrons. The summed E-state index contributed by atoms with van der Waals surface area (Å²) in [5.41, 5.74) is 0.462. The number of halogens is 1. The van der Waals surface area contributed by atoms with Gasteiger partial charge in [0.15, 0.2) is 5.82 Å². The van der Waals surface area contributed by atoms with Crippen LogP contribution in [0.25, 0.3) is 11.0 Å². The third kappa shape index (κ3) is 2.82. The molecule has 25 heavy (non-hydrogen) atoms. The number of fused-ring (bicyclic) bond motifs is 1. The van der Waals surface area contributed by atoms with E-state index in [1.807, 2.05) is 6.92 Å².